The zero-order chi connectivity index (χ0) is 18.8. The highest BCUT2D eigenvalue weighted by Crippen LogP contribution is 2.27. The van der Waals surface area contributed by atoms with Gasteiger partial charge < -0.3 is 9.15 Å². The molecule has 27 heavy (non-hydrogen) atoms. The van der Waals surface area contributed by atoms with Crippen molar-refractivity contribution in [1.29, 1.82) is 0 Å². The molecule has 0 amide bonds. The summed E-state index contributed by atoms with van der Waals surface area (Å²) in [6.07, 6.45) is 4.22. The van der Waals surface area contributed by atoms with Gasteiger partial charge in [-0.2, -0.15) is 5.10 Å². The molecule has 2 heterocycles. The molecule has 0 fully saturated rings. The Balaban J connectivity index is 1.60. The average molecular weight is 370 g/mol. The quantitative estimate of drug-likeness (QED) is 0.642. The third-order valence-corrected chi connectivity index (χ3v) is 4.58. The predicted molar refractivity (Wildman–Crippen MR) is 93.0 cm³/mol. The molecule has 0 N–H and O–H groups in total. The highest BCUT2D eigenvalue weighted by atomic mass is 19.1. The first-order valence-corrected chi connectivity index (χ1v) is 9.00. The molecule has 0 saturated carbocycles. The minimum absolute atomic E-state index is 0.0932. The van der Waals surface area contributed by atoms with Crippen LogP contribution in [0.15, 0.2) is 28.7 Å². The molecule has 7 nitrogen and oxygen atoms in total. The van der Waals surface area contributed by atoms with Crippen molar-refractivity contribution in [3.63, 3.8) is 0 Å². The second-order valence-corrected chi connectivity index (χ2v) is 6.39. The van der Waals surface area contributed by atoms with Crippen LogP contribution in [0.4, 0.5) is 4.39 Å². The summed E-state index contributed by atoms with van der Waals surface area (Å²) in [5, 5.41) is 12.2. The monoisotopic (exact) mass is 370 g/mol. The van der Waals surface area contributed by atoms with E-state index in [-0.39, 0.29) is 18.3 Å². The number of rotatable bonds is 5. The molecule has 0 bridgehead atoms. The lowest BCUT2D eigenvalue weighted by atomic mass is 9.95. The second kappa shape index (κ2) is 7.30. The van der Waals surface area contributed by atoms with E-state index in [2.05, 4.69) is 15.3 Å². The summed E-state index contributed by atoms with van der Waals surface area (Å²) < 4.78 is 25.6. The minimum Gasteiger partial charge on any atom is -0.451 e. The van der Waals surface area contributed by atoms with Gasteiger partial charge in [-0.05, 0) is 49.9 Å². The Hall–Kier alpha value is -3.03. The van der Waals surface area contributed by atoms with Gasteiger partial charge in [-0.15, -0.1) is 10.2 Å². The lowest BCUT2D eigenvalue weighted by Gasteiger charge is -2.14. The molecule has 2 aromatic heterocycles. The van der Waals surface area contributed by atoms with Crippen LogP contribution in [0.2, 0.25) is 0 Å². The maximum absolute atomic E-state index is 13.2. The first kappa shape index (κ1) is 17.4. The summed E-state index contributed by atoms with van der Waals surface area (Å²) in [5.74, 6) is -0.0817. The fourth-order valence-electron chi connectivity index (χ4n) is 3.24. The van der Waals surface area contributed by atoms with E-state index in [1.807, 2.05) is 6.92 Å². The SMILES string of the molecule is CCc1nnc(COC(=O)c2nn(-c3ccc(F)cc3)c3c2CCCC3)o1. The number of fused-ring (bicyclic) bond motifs is 1. The molecule has 8 heteroatoms. The molecule has 140 valence electrons. The van der Waals surface area contributed by atoms with Gasteiger partial charge in [0.15, 0.2) is 12.3 Å². The van der Waals surface area contributed by atoms with E-state index in [0.717, 1.165) is 42.6 Å². The summed E-state index contributed by atoms with van der Waals surface area (Å²) >= 11 is 0. The fourth-order valence-corrected chi connectivity index (χ4v) is 3.24. The van der Waals surface area contributed by atoms with Gasteiger partial charge in [-0.3, -0.25) is 0 Å². The van der Waals surface area contributed by atoms with Crippen LogP contribution in [0.3, 0.4) is 0 Å². The molecule has 0 spiro atoms. The zero-order valence-corrected chi connectivity index (χ0v) is 14.9. The highest BCUT2D eigenvalue weighted by molar-refractivity contribution is 5.89. The van der Waals surface area contributed by atoms with Crippen LogP contribution < -0.4 is 0 Å². The van der Waals surface area contributed by atoms with Crippen LogP contribution in [0, 0.1) is 5.82 Å². The lowest BCUT2D eigenvalue weighted by Crippen LogP contribution is -2.10. The largest absolute Gasteiger partial charge is 0.451 e. The van der Waals surface area contributed by atoms with Crippen LogP contribution in [0.5, 0.6) is 0 Å². The van der Waals surface area contributed by atoms with E-state index in [9.17, 15) is 9.18 Å². The molecule has 0 atom stereocenters. The molecule has 4 rings (SSSR count). The van der Waals surface area contributed by atoms with Crippen molar-refractivity contribution in [2.75, 3.05) is 0 Å². The van der Waals surface area contributed by atoms with E-state index in [4.69, 9.17) is 9.15 Å². The van der Waals surface area contributed by atoms with Crippen molar-refractivity contribution in [2.45, 2.75) is 45.6 Å². The van der Waals surface area contributed by atoms with Crippen molar-refractivity contribution in [1.82, 2.24) is 20.0 Å². The molecule has 1 aliphatic carbocycles. The Labute approximate surface area is 155 Å². The van der Waals surface area contributed by atoms with Gasteiger partial charge in [-0.1, -0.05) is 6.92 Å². The minimum atomic E-state index is -0.523. The first-order chi connectivity index (χ1) is 13.2. The summed E-state index contributed by atoms with van der Waals surface area (Å²) in [7, 11) is 0. The summed E-state index contributed by atoms with van der Waals surface area (Å²) in [4.78, 5) is 12.6. The standard InChI is InChI=1S/C19H19FN4O3/c1-2-16-21-22-17(27-16)11-26-19(25)18-14-5-3-4-6-15(14)24(23-18)13-9-7-12(20)8-10-13/h7-10H,2-6,11H2,1H3. The van der Waals surface area contributed by atoms with E-state index in [0.29, 0.717) is 18.0 Å². The number of carbonyl (C=O) groups excluding carboxylic acids is 1. The number of benzene rings is 1. The Kier molecular flexibility index (Phi) is 4.70. The first-order valence-electron chi connectivity index (χ1n) is 9.00. The lowest BCUT2D eigenvalue weighted by molar-refractivity contribution is 0.0427. The normalized spacial score (nSPS) is 13.4. The van der Waals surface area contributed by atoms with E-state index >= 15 is 0 Å². The van der Waals surface area contributed by atoms with Crippen LogP contribution >= 0.6 is 0 Å². The average Bonchev–Trinajstić information content (AvgIpc) is 3.31. The smallest absolute Gasteiger partial charge is 0.359 e. The van der Waals surface area contributed by atoms with Crippen LogP contribution in [-0.4, -0.2) is 25.9 Å². The van der Waals surface area contributed by atoms with Crippen molar-refractivity contribution in [3.8, 4) is 5.69 Å². The molecule has 0 unspecified atom stereocenters. The molecule has 1 aliphatic rings. The van der Waals surface area contributed by atoms with Crippen molar-refractivity contribution in [2.24, 2.45) is 0 Å². The number of aromatic nitrogens is 4. The Bertz CT molecular complexity index is 962. The number of hydrogen-bond acceptors (Lipinski definition) is 6. The fraction of sp³-hybridized carbons (Fsp3) is 0.368. The number of ether oxygens (including phenoxy) is 1. The number of nitrogens with zero attached hydrogens (tertiary/aromatic N) is 4. The van der Waals surface area contributed by atoms with Gasteiger partial charge >= 0.3 is 5.97 Å². The maximum atomic E-state index is 13.2. The number of esters is 1. The topological polar surface area (TPSA) is 83.0 Å². The van der Waals surface area contributed by atoms with Gasteiger partial charge in [0, 0.05) is 17.7 Å². The molecule has 0 aliphatic heterocycles. The zero-order valence-electron chi connectivity index (χ0n) is 14.9. The number of halogens is 1. The van der Waals surface area contributed by atoms with Crippen LogP contribution in [0.25, 0.3) is 5.69 Å². The number of carbonyl (C=O) groups is 1. The predicted octanol–water partition coefficient (Wildman–Crippen LogP) is 3.19. The number of hydrogen-bond donors (Lipinski definition) is 0. The van der Waals surface area contributed by atoms with Gasteiger partial charge in [0.05, 0.1) is 5.69 Å². The maximum Gasteiger partial charge on any atom is 0.359 e. The van der Waals surface area contributed by atoms with Gasteiger partial charge in [0.2, 0.25) is 5.89 Å². The van der Waals surface area contributed by atoms with Gasteiger partial charge in [-0.25, -0.2) is 13.9 Å². The van der Waals surface area contributed by atoms with Crippen molar-refractivity contribution >= 4 is 5.97 Å². The Morgan fingerprint density at radius 1 is 1.19 bits per heavy atom. The highest BCUT2D eigenvalue weighted by Gasteiger charge is 2.27. The summed E-state index contributed by atoms with van der Waals surface area (Å²) in [6, 6.07) is 6.06. The summed E-state index contributed by atoms with van der Waals surface area (Å²) in [5.41, 5.74) is 2.89. The van der Waals surface area contributed by atoms with Crippen molar-refractivity contribution in [3.05, 3.63) is 58.8 Å². The molecular weight excluding hydrogens is 351 g/mol. The van der Waals surface area contributed by atoms with E-state index in [1.54, 1.807) is 16.8 Å². The van der Waals surface area contributed by atoms with Crippen LogP contribution in [0.1, 0.15) is 53.3 Å². The molecular formula is C19H19FN4O3. The molecule has 0 radical (unpaired) electrons. The molecule has 0 saturated heterocycles. The Morgan fingerprint density at radius 2 is 1.93 bits per heavy atom. The second-order valence-electron chi connectivity index (χ2n) is 6.39. The van der Waals surface area contributed by atoms with Crippen molar-refractivity contribution < 1.29 is 18.3 Å². The molecule has 3 aromatic rings. The van der Waals surface area contributed by atoms with Gasteiger partial charge in [0.1, 0.15) is 5.82 Å². The van der Waals surface area contributed by atoms with E-state index in [1.165, 1.54) is 12.1 Å². The third-order valence-electron chi connectivity index (χ3n) is 4.58. The summed E-state index contributed by atoms with van der Waals surface area (Å²) in [6.45, 7) is 1.81. The number of aryl methyl sites for hydroxylation is 1. The Morgan fingerprint density at radius 3 is 2.67 bits per heavy atom. The van der Waals surface area contributed by atoms with Gasteiger partial charge in [0.25, 0.3) is 5.89 Å². The van der Waals surface area contributed by atoms with E-state index < -0.39 is 5.97 Å². The third kappa shape index (κ3) is 3.47. The molecule has 1 aromatic carbocycles. The van der Waals surface area contributed by atoms with Crippen LogP contribution in [-0.2, 0) is 30.6 Å².